The van der Waals surface area contributed by atoms with E-state index in [9.17, 15) is 19.2 Å². The Hall–Kier alpha value is -2.24. The molecule has 270 valence electrons. The largest absolute Gasteiger partial charge is 0.466 e. The molecule has 11 nitrogen and oxygen atoms in total. The van der Waals surface area contributed by atoms with Crippen molar-refractivity contribution in [2.75, 3.05) is 85.8 Å². The van der Waals surface area contributed by atoms with Crippen LogP contribution in [0.15, 0.2) is 0 Å². The number of rotatable bonds is 32. The summed E-state index contributed by atoms with van der Waals surface area (Å²) < 4.78 is 21.3. The fourth-order valence-corrected chi connectivity index (χ4v) is 4.52. The molecule has 11 heteroatoms. The van der Waals surface area contributed by atoms with Gasteiger partial charge in [-0.1, -0.05) is 53.4 Å². The molecule has 0 aromatic heterocycles. The Morgan fingerprint density at radius 3 is 0.891 bits per heavy atom. The molecule has 0 rings (SSSR count). The average Bonchev–Trinajstić information content (AvgIpc) is 3.03. The first kappa shape index (κ1) is 43.8. The van der Waals surface area contributed by atoms with Gasteiger partial charge in [0.05, 0.1) is 52.1 Å². The summed E-state index contributed by atoms with van der Waals surface area (Å²) in [5.74, 6) is -0.800. The second-order valence-electron chi connectivity index (χ2n) is 12.0. The van der Waals surface area contributed by atoms with Crippen LogP contribution in [0, 0.1) is 0 Å². The normalized spacial score (nSPS) is 11.3. The maximum Gasteiger partial charge on any atom is 0.307 e. The first-order chi connectivity index (χ1) is 22.2. The van der Waals surface area contributed by atoms with E-state index in [-0.39, 0.29) is 23.9 Å². The molecule has 0 unspecified atom stereocenters. The Morgan fingerprint density at radius 1 is 0.391 bits per heavy atom. The van der Waals surface area contributed by atoms with E-state index in [0.29, 0.717) is 78.3 Å². The van der Waals surface area contributed by atoms with Gasteiger partial charge < -0.3 is 33.6 Å². The van der Waals surface area contributed by atoms with Gasteiger partial charge in [0.1, 0.15) is 0 Å². The van der Waals surface area contributed by atoms with Crippen LogP contribution in [-0.2, 0) is 38.1 Å². The van der Waals surface area contributed by atoms with Crippen LogP contribution in [0.25, 0.3) is 0 Å². The summed E-state index contributed by atoms with van der Waals surface area (Å²) in [6.45, 7) is 15.5. The fraction of sp³-hybridized carbons (Fsp3) is 0.886. The average molecular weight is 658 g/mol. The third-order valence-electron chi connectivity index (χ3n) is 7.60. The van der Waals surface area contributed by atoms with Crippen LogP contribution in [0.2, 0.25) is 0 Å². The molecule has 0 radical (unpaired) electrons. The van der Waals surface area contributed by atoms with Gasteiger partial charge in [0.25, 0.3) is 0 Å². The van der Waals surface area contributed by atoms with E-state index in [2.05, 4.69) is 49.4 Å². The van der Waals surface area contributed by atoms with E-state index in [0.717, 1.165) is 90.4 Å². The molecule has 0 heterocycles. The highest BCUT2D eigenvalue weighted by Crippen LogP contribution is 2.05. The maximum atomic E-state index is 12.2. The predicted molar refractivity (Wildman–Crippen MR) is 182 cm³/mol. The van der Waals surface area contributed by atoms with Crippen molar-refractivity contribution in [1.29, 1.82) is 0 Å². The molecule has 0 bridgehead atoms. The van der Waals surface area contributed by atoms with Gasteiger partial charge in [0.2, 0.25) is 0 Å². The molecule has 0 saturated carbocycles. The Bertz CT molecular complexity index is 669. The lowest BCUT2D eigenvalue weighted by Gasteiger charge is -2.25. The third kappa shape index (κ3) is 28.0. The molecule has 0 aromatic rings. The standard InChI is InChI=1S/C35H67N3O8/c1-6-10-28-43-32(39)16-24-37(25-17-33(40)44-29-11-7-2)22-14-20-36(5)21-15-23-38(26-18-34(41)45-30-12-8-3)27-19-35(42)46-31-13-9-4/h6-31H2,1-5H3. The zero-order chi connectivity index (χ0) is 34.3. The topological polar surface area (TPSA) is 115 Å². The van der Waals surface area contributed by atoms with Crippen LogP contribution in [0.5, 0.6) is 0 Å². The maximum absolute atomic E-state index is 12.2. The van der Waals surface area contributed by atoms with Crippen molar-refractivity contribution in [1.82, 2.24) is 14.7 Å². The molecule has 0 saturated heterocycles. The second-order valence-corrected chi connectivity index (χ2v) is 12.0. The highest BCUT2D eigenvalue weighted by atomic mass is 16.5. The number of esters is 4. The van der Waals surface area contributed by atoms with Crippen molar-refractivity contribution in [3.63, 3.8) is 0 Å². The van der Waals surface area contributed by atoms with Gasteiger partial charge in [-0.15, -0.1) is 0 Å². The van der Waals surface area contributed by atoms with Crippen molar-refractivity contribution in [2.45, 2.75) is 118 Å². The van der Waals surface area contributed by atoms with Crippen LogP contribution >= 0.6 is 0 Å². The van der Waals surface area contributed by atoms with Crippen LogP contribution in [0.1, 0.15) is 118 Å². The minimum Gasteiger partial charge on any atom is -0.466 e. The van der Waals surface area contributed by atoms with Gasteiger partial charge in [-0.25, -0.2) is 0 Å². The fourth-order valence-electron chi connectivity index (χ4n) is 4.52. The molecule has 0 amide bonds. The lowest BCUT2D eigenvalue weighted by Crippen LogP contribution is -2.34. The van der Waals surface area contributed by atoms with Gasteiger partial charge >= 0.3 is 23.9 Å². The number of hydrogen-bond donors (Lipinski definition) is 0. The van der Waals surface area contributed by atoms with Gasteiger partial charge in [-0.3, -0.25) is 19.2 Å². The summed E-state index contributed by atoms with van der Waals surface area (Å²) in [4.78, 5) is 55.3. The van der Waals surface area contributed by atoms with Crippen molar-refractivity contribution >= 4 is 23.9 Å². The summed E-state index contributed by atoms with van der Waals surface area (Å²) >= 11 is 0. The van der Waals surface area contributed by atoms with E-state index in [1.54, 1.807) is 0 Å². The molecule has 0 fully saturated rings. The molecule has 0 atom stereocenters. The molecular formula is C35H67N3O8. The van der Waals surface area contributed by atoms with Crippen molar-refractivity contribution in [3.8, 4) is 0 Å². The van der Waals surface area contributed by atoms with Gasteiger partial charge in [0, 0.05) is 26.2 Å². The molecule has 0 N–H and O–H groups in total. The van der Waals surface area contributed by atoms with E-state index in [1.807, 2.05) is 0 Å². The van der Waals surface area contributed by atoms with Gasteiger partial charge in [-0.2, -0.15) is 0 Å². The quantitative estimate of drug-likeness (QED) is 0.0538. The van der Waals surface area contributed by atoms with Gasteiger partial charge in [0.15, 0.2) is 0 Å². The highest BCUT2D eigenvalue weighted by Gasteiger charge is 2.15. The van der Waals surface area contributed by atoms with E-state index in [4.69, 9.17) is 18.9 Å². The van der Waals surface area contributed by atoms with Crippen LogP contribution in [0.3, 0.4) is 0 Å². The summed E-state index contributed by atoms with van der Waals surface area (Å²) in [5.41, 5.74) is 0. The summed E-state index contributed by atoms with van der Waals surface area (Å²) in [7, 11) is 2.08. The molecule has 46 heavy (non-hydrogen) atoms. The van der Waals surface area contributed by atoms with E-state index < -0.39 is 0 Å². The minimum absolute atomic E-state index is 0.200. The molecule has 0 aliphatic rings. The third-order valence-corrected chi connectivity index (χ3v) is 7.60. The zero-order valence-corrected chi connectivity index (χ0v) is 30.0. The Kier molecular flexibility index (Phi) is 29.8. The van der Waals surface area contributed by atoms with Crippen LogP contribution < -0.4 is 0 Å². The number of nitrogens with zero attached hydrogens (tertiary/aromatic N) is 3. The monoisotopic (exact) mass is 657 g/mol. The molecular weight excluding hydrogens is 590 g/mol. The number of carbonyl (C=O) groups is 4. The lowest BCUT2D eigenvalue weighted by atomic mass is 10.2. The number of carbonyl (C=O) groups excluding carboxylic acids is 4. The molecule has 0 aliphatic carbocycles. The second kappa shape index (κ2) is 31.4. The SMILES string of the molecule is CCCCOC(=O)CCN(CCCN(C)CCCN(CCC(=O)OCCCC)CCC(=O)OCCCC)CCC(=O)OCCCC. The van der Waals surface area contributed by atoms with Crippen molar-refractivity contribution in [3.05, 3.63) is 0 Å². The predicted octanol–water partition coefficient (Wildman–Crippen LogP) is 5.24. The minimum atomic E-state index is -0.200. The first-order valence-electron chi connectivity index (χ1n) is 18.0. The number of unbranched alkanes of at least 4 members (excludes halogenated alkanes) is 4. The van der Waals surface area contributed by atoms with Crippen molar-refractivity contribution in [2.24, 2.45) is 0 Å². The Morgan fingerprint density at radius 2 is 0.652 bits per heavy atom. The number of ether oxygens (including phenoxy) is 4. The van der Waals surface area contributed by atoms with Crippen molar-refractivity contribution < 1.29 is 38.1 Å². The summed E-state index contributed by atoms with van der Waals surface area (Å²) in [6.07, 6.45) is 10.4. The van der Waals surface area contributed by atoms with Gasteiger partial charge in [-0.05, 0) is 71.8 Å². The summed E-state index contributed by atoms with van der Waals surface area (Å²) in [5, 5.41) is 0. The number of hydrogen-bond acceptors (Lipinski definition) is 11. The zero-order valence-electron chi connectivity index (χ0n) is 30.0. The summed E-state index contributed by atoms with van der Waals surface area (Å²) in [6, 6.07) is 0. The van der Waals surface area contributed by atoms with E-state index >= 15 is 0 Å². The highest BCUT2D eigenvalue weighted by molar-refractivity contribution is 5.71. The molecule has 0 aliphatic heterocycles. The first-order valence-corrected chi connectivity index (χ1v) is 18.0. The molecule has 0 aromatic carbocycles. The van der Waals surface area contributed by atoms with E-state index in [1.165, 1.54) is 0 Å². The smallest absolute Gasteiger partial charge is 0.307 e. The Labute approximate surface area is 280 Å². The molecule has 0 spiro atoms. The van der Waals surface area contributed by atoms with Crippen LogP contribution in [0.4, 0.5) is 0 Å². The Balaban J connectivity index is 4.75. The lowest BCUT2D eigenvalue weighted by molar-refractivity contribution is -0.146. The van der Waals surface area contributed by atoms with Crippen LogP contribution in [-0.4, -0.2) is 124 Å².